The molecule has 0 fully saturated rings. The third-order valence-corrected chi connectivity index (χ3v) is 4.03. The highest BCUT2D eigenvalue weighted by molar-refractivity contribution is 6.03. The van der Waals surface area contributed by atoms with E-state index in [0.717, 1.165) is 0 Å². The normalized spacial score (nSPS) is 14.3. The number of anilines is 2. The molecule has 0 N–H and O–H groups in total. The molecule has 0 spiro atoms. The van der Waals surface area contributed by atoms with Crippen molar-refractivity contribution in [3.63, 3.8) is 0 Å². The summed E-state index contributed by atoms with van der Waals surface area (Å²) in [6.45, 7) is 5.28. The first-order valence-corrected chi connectivity index (χ1v) is 8.91. The lowest BCUT2D eigenvalue weighted by molar-refractivity contribution is -0.140. The number of ether oxygens (including phenoxy) is 4. The monoisotopic (exact) mass is 406 g/mol. The van der Waals surface area contributed by atoms with Gasteiger partial charge in [0.1, 0.15) is 18.0 Å². The number of methoxy groups -OCH3 is 2. The average molecular weight is 406 g/mol. The molecule has 0 unspecified atom stereocenters. The van der Waals surface area contributed by atoms with E-state index < -0.39 is 23.6 Å². The maximum Gasteiger partial charge on any atom is 0.414 e. The Hall–Kier alpha value is -3.07. The molecule has 29 heavy (non-hydrogen) atoms. The van der Waals surface area contributed by atoms with Crippen LogP contribution < -0.4 is 9.80 Å². The zero-order chi connectivity index (χ0) is 21.8. The topological polar surface area (TPSA) is 94.6 Å². The van der Waals surface area contributed by atoms with Gasteiger partial charge in [0, 0.05) is 18.4 Å². The van der Waals surface area contributed by atoms with E-state index in [9.17, 15) is 14.4 Å². The molecule has 0 saturated heterocycles. The number of hydrogen-bond donors (Lipinski definition) is 0. The van der Waals surface area contributed by atoms with Crippen LogP contribution in [0.25, 0.3) is 0 Å². The van der Waals surface area contributed by atoms with Crippen molar-refractivity contribution in [2.24, 2.45) is 0 Å². The van der Waals surface area contributed by atoms with Crippen molar-refractivity contribution in [3.8, 4) is 0 Å². The fourth-order valence-corrected chi connectivity index (χ4v) is 2.65. The van der Waals surface area contributed by atoms with E-state index in [1.54, 1.807) is 52.1 Å². The van der Waals surface area contributed by atoms with Crippen LogP contribution in [0.15, 0.2) is 35.5 Å². The number of carbonyl (C=O) groups excluding carboxylic acids is 3. The summed E-state index contributed by atoms with van der Waals surface area (Å²) >= 11 is 0. The van der Waals surface area contributed by atoms with Crippen molar-refractivity contribution in [2.75, 3.05) is 44.4 Å². The number of rotatable bonds is 4. The third-order valence-electron chi connectivity index (χ3n) is 4.03. The van der Waals surface area contributed by atoms with Gasteiger partial charge < -0.3 is 23.8 Å². The molecule has 2 rings (SSSR count). The Bertz CT molecular complexity index is 826. The van der Waals surface area contributed by atoms with Crippen LogP contribution in [0.2, 0.25) is 0 Å². The summed E-state index contributed by atoms with van der Waals surface area (Å²) in [5.74, 6) is -1.38. The van der Waals surface area contributed by atoms with Crippen LogP contribution in [0.3, 0.4) is 0 Å². The van der Waals surface area contributed by atoms with Gasteiger partial charge in [0.2, 0.25) is 0 Å². The van der Waals surface area contributed by atoms with E-state index in [2.05, 4.69) is 0 Å². The van der Waals surface area contributed by atoms with Gasteiger partial charge >= 0.3 is 18.0 Å². The third kappa shape index (κ3) is 5.26. The maximum absolute atomic E-state index is 12.4. The van der Waals surface area contributed by atoms with Gasteiger partial charge in [-0.3, -0.25) is 4.90 Å². The van der Waals surface area contributed by atoms with Crippen LogP contribution in [0.4, 0.5) is 16.2 Å². The first kappa shape index (κ1) is 22.2. The Labute approximate surface area is 169 Å². The fraction of sp³-hybridized carbons (Fsp3) is 0.450. The highest BCUT2D eigenvalue weighted by Gasteiger charge is 2.32. The summed E-state index contributed by atoms with van der Waals surface area (Å²) in [5, 5.41) is 0. The number of esters is 2. The second-order valence-electron chi connectivity index (χ2n) is 7.28. The summed E-state index contributed by atoms with van der Waals surface area (Å²) in [6, 6.07) is 6.84. The van der Waals surface area contributed by atoms with Crippen molar-refractivity contribution >= 4 is 29.4 Å². The highest BCUT2D eigenvalue weighted by Crippen LogP contribution is 2.30. The number of benzene rings is 1. The Morgan fingerprint density at radius 3 is 2.34 bits per heavy atom. The minimum absolute atomic E-state index is 0.0184. The molecule has 9 heteroatoms. The van der Waals surface area contributed by atoms with E-state index in [1.807, 2.05) is 0 Å². The zero-order valence-corrected chi connectivity index (χ0v) is 17.5. The highest BCUT2D eigenvalue weighted by atomic mass is 16.6. The second kappa shape index (κ2) is 8.95. The van der Waals surface area contributed by atoms with Crippen molar-refractivity contribution in [3.05, 3.63) is 35.5 Å². The fourth-order valence-electron chi connectivity index (χ4n) is 2.65. The summed E-state index contributed by atoms with van der Waals surface area (Å²) in [5.41, 5.74) is 0.504. The molecule has 1 aliphatic heterocycles. The number of amides is 1. The zero-order valence-electron chi connectivity index (χ0n) is 17.5. The van der Waals surface area contributed by atoms with Gasteiger partial charge in [-0.1, -0.05) is 6.07 Å². The summed E-state index contributed by atoms with van der Waals surface area (Å²) < 4.78 is 20.5. The average Bonchev–Trinajstić information content (AvgIpc) is 2.70. The molecular weight excluding hydrogens is 380 g/mol. The van der Waals surface area contributed by atoms with E-state index in [1.165, 1.54) is 24.0 Å². The van der Waals surface area contributed by atoms with Gasteiger partial charge in [-0.2, -0.15) is 0 Å². The SMILES string of the molecule is COC(=O)C1=C(C(=O)OC)N(c2cccc(N(C)C(=O)OC(C)(C)C)c2)COC1. The molecule has 158 valence electrons. The summed E-state index contributed by atoms with van der Waals surface area (Å²) in [7, 11) is 4.03. The van der Waals surface area contributed by atoms with Crippen LogP contribution in [0.5, 0.6) is 0 Å². The lowest BCUT2D eigenvalue weighted by atomic mass is 10.1. The van der Waals surface area contributed by atoms with E-state index >= 15 is 0 Å². The largest absolute Gasteiger partial charge is 0.466 e. The van der Waals surface area contributed by atoms with Crippen molar-refractivity contribution in [1.82, 2.24) is 0 Å². The van der Waals surface area contributed by atoms with Gasteiger partial charge in [0.15, 0.2) is 0 Å². The van der Waals surface area contributed by atoms with E-state index in [-0.39, 0.29) is 24.6 Å². The Morgan fingerprint density at radius 2 is 1.76 bits per heavy atom. The molecule has 1 aromatic rings. The van der Waals surface area contributed by atoms with E-state index in [0.29, 0.717) is 11.4 Å². The standard InChI is InChI=1S/C20H26N2O7/c1-20(2,3)29-19(25)21(4)13-8-7-9-14(10-13)22-12-28-11-15(17(23)26-5)16(22)18(24)27-6/h7-10H,11-12H2,1-6H3. The molecule has 1 amide bonds. The summed E-state index contributed by atoms with van der Waals surface area (Å²) in [4.78, 5) is 39.7. The maximum atomic E-state index is 12.4. The minimum Gasteiger partial charge on any atom is -0.466 e. The van der Waals surface area contributed by atoms with Crippen LogP contribution in [-0.2, 0) is 28.5 Å². The molecule has 1 heterocycles. The van der Waals surface area contributed by atoms with Gasteiger partial charge in [0.25, 0.3) is 0 Å². The smallest absolute Gasteiger partial charge is 0.414 e. The first-order chi connectivity index (χ1) is 13.6. The van der Waals surface area contributed by atoms with Crippen molar-refractivity contribution in [2.45, 2.75) is 26.4 Å². The number of carbonyl (C=O) groups is 3. The molecule has 0 aromatic heterocycles. The predicted molar refractivity (Wildman–Crippen MR) is 105 cm³/mol. The van der Waals surface area contributed by atoms with Gasteiger partial charge in [0.05, 0.1) is 26.4 Å². The Morgan fingerprint density at radius 1 is 1.10 bits per heavy atom. The molecule has 0 aliphatic carbocycles. The molecule has 0 saturated carbocycles. The number of nitrogens with zero attached hydrogens (tertiary/aromatic N) is 2. The quantitative estimate of drug-likeness (QED) is 0.556. The number of hydrogen-bond acceptors (Lipinski definition) is 8. The van der Waals surface area contributed by atoms with Crippen molar-refractivity contribution in [1.29, 1.82) is 0 Å². The van der Waals surface area contributed by atoms with Crippen molar-refractivity contribution < 1.29 is 33.3 Å². The molecular formula is C20H26N2O7. The first-order valence-electron chi connectivity index (χ1n) is 8.91. The minimum atomic E-state index is -0.695. The molecule has 1 aliphatic rings. The van der Waals surface area contributed by atoms with Gasteiger partial charge in [-0.25, -0.2) is 14.4 Å². The van der Waals surface area contributed by atoms with Crippen LogP contribution >= 0.6 is 0 Å². The predicted octanol–water partition coefficient (Wildman–Crippen LogP) is 2.45. The van der Waals surface area contributed by atoms with Crippen LogP contribution in [-0.4, -0.2) is 58.2 Å². The van der Waals surface area contributed by atoms with Crippen LogP contribution in [0.1, 0.15) is 20.8 Å². The van der Waals surface area contributed by atoms with E-state index in [4.69, 9.17) is 18.9 Å². The molecule has 1 aromatic carbocycles. The van der Waals surface area contributed by atoms with Gasteiger partial charge in [-0.15, -0.1) is 0 Å². The lowest BCUT2D eigenvalue weighted by Gasteiger charge is -2.32. The molecule has 0 radical (unpaired) electrons. The Kier molecular flexibility index (Phi) is 6.86. The molecule has 0 bridgehead atoms. The molecule has 9 nitrogen and oxygen atoms in total. The van der Waals surface area contributed by atoms with Crippen LogP contribution in [0, 0.1) is 0 Å². The lowest BCUT2D eigenvalue weighted by Crippen LogP contribution is -2.39. The summed E-state index contributed by atoms with van der Waals surface area (Å²) in [6.07, 6.45) is -0.525. The second-order valence-corrected chi connectivity index (χ2v) is 7.28. The Balaban J connectivity index is 2.43. The van der Waals surface area contributed by atoms with Gasteiger partial charge in [-0.05, 0) is 39.0 Å². The molecule has 0 atom stereocenters.